The van der Waals surface area contributed by atoms with E-state index in [1.807, 2.05) is 25.3 Å². The van der Waals surface area contributed by atoms with Gasteiger partial charge < -0.3 is 9.64 Å². The molecule has 1 atom stereocenters. The molecule has 1 aromatic heterocycles. The number of anilines is 1. The summed E-state index contributed by atoms with van der Waals surface area (Å²) in [5, 5.41) is 0.669. The molecule has 120 valence electrons. The molecule has 0 bridgehead atoms. The van der Waals surface area contributed by atoms with Gasteiger partial charge in [0.15, 0.2) is 0 Å². The van der Waals surface area contributed by atoms with Gasteiger partial charge in [0.1, 0.15) is 0 Å². The zero-order valence-corrected chi connectivity index (χ0v) is 14.0. The third-order valence-electron chi connectivity index (χ3n) is 4.17. The van der Waals surface area contributed by atoms with Gasteiger partial charge in [0.25, 0.3) is 5.91 Å². The fraction of sp³-hybridized carbons (Fsp3) is 0.333. The van der Waals surface area contributed by atoms with Crippen molar-refractivity contribution in [2.45, 2.75) is 25.9 Å². The third kappa shape index (κ3) is 3.38. The molecule has 5 heteroatoms. The number of carbonyl (C=O) groups excluding carboxylic acids is 1. The maximum Gasteiger partial charge on any atom is 0.258 e. The van der Waals surface area contributed by atoms with Gasteiger partial charge in [-0.05, 0) is 55.2 Å². The van der Waals surface area contributed by atoms with Crippen LogP contribution in [0.1, 0.15) is 28.4 Å². The standard InChI is InChI=1S/C18H19ClN2O2/c1-12(23-2)7-13-8-16(11-20-10-13)21-6-5-14-9-15(19)3-4-17(14)18(21)22/h3-4,8-12H,5-7H2,1-2H3. The number of benzene rings is 1. The fourth-order valence-electron chi connectivity index (χ4n) is 2.85. The highest BCUT2D eigenvalue weighted by molar-refractivity contribution is 6.30. The van der Waals surface area contributed by atoms with Crippen molar-refractivity contribution >= 4 is 23.2 Å². The Labute approximate surface area is 141 Å². The fourth-order valence-corrected chi connectivity index (χ4v) is 3.05. The average Bonchev–Trinajstić information content (AvgIpc) is 2.55. The summed E-state index contributed by atoms with van der Waals surface area (Å²) in [6.45, 7) is 2.65. The first-order valence-electron chi connectivity index (χ1n) is 7.65. The Morgan fingerprint density at radius 1 is 1.35 bits per heavy atom. The van der Waals surface area contributed by atoms with Crippen molar-refractivity contribution in [2.24, 2.45) is 0 Å². The molecule has 3 rings (SSSR count). The summed E-state index contributed by atoms with van der Waals surface area (Å²) in [6.07, 6.45) is 5.24. The van der Waals surface area contributed by atoms with Crippen molar-refractivity contribution in [3.05, 3.63) is 58.4 Å². The van der Waals surface area contributed by atoms with Crippen LogP contribution in [0.3, 0.4) is 0 Å². The van der Waals surface area contributed by atoms with Crippen LogP contribution in [-0.2, 0) is 17.6 Å². The number of methoxy groups -OCH3 is 1. The van der Waals surface area contributed by atoms with Gasteiger partial charge in [0, 0.05) is 30.4 Å². The molecule has 2 aromatic rings. The van der Waals surface area contributed by atoms with Gasteiger partial charge in [-0.1, -0.05) is 11.6 Å². The summed E-state index contributed by atoms with van der Waals surface area (Å²) < 4.78 is 5.30. The van der Waals surface area contributed by atoms with Crippen LogP contribution in [-0.4, -0.2) is 30.6 Å². The Bertz CT molecular complexity index is 733. The second kappa shape index (κ2) is 6.69. The van der Waals surface area contributed by atoms with E-state index < -0.39 is 0 Å². The van der Waals surface area contributed by atoms with E-state index in [2.05, 4.69) is 4.98 Å². The molecule has 1 aliphatic rings. The van der Waals surface area contributed by atoms with Crippen LogP contribution in [0.4, 0.5) is 5.69 Å². The monoisotopic (exact) mass is 330 g/mol. The summed E-state index contributed by atoms with van der Waals surface area (Å²) >= 11 is 6.01. The SMILES string of the molecule is COC(C)Cc1cncc(N2CCc3cc(Cl)ccc3C2=O)c1. The lowest BCUT2D eigenvalue weighted by atomic mass is 9.98. The predicted molar refractivity (Wildman–Crippen MR) is 91.2 cm³/mol. The highest BCUT2D eigenvalue weighted by atomic mass is 35.5. The minimum Gasteiger partial charge on any atom is -0.381 e. The van der Waals surface area contributed by atoms with E-state index >= 15 is 0 Å². The molecule has 0 saturated carbocycles. The molecular weight excluding hydrogens is 312 g/mol. The first-order chi connectivity index (χ1) is 11.1. The van der Waals surface area contributed by atoms with E-state index in [1.54, 1.807) is 30.3 Å². The van der Waals surface area contributed by atoms with E-state index in [9.17, 15) is 4.79 Å². The summed E-state index contributed by atoms with van der Waals surface area (Å²) in [5.74, 6) is 0.00153. The number of nitrogens with zero attached hydrogens (tertiary/aromatic N) is 2. The molecule has 0 spiro atoms. The number of aromatic nitrogens is 1. The van der Waals surface area contributed by atoms with Crippen molar-refractivity contribution in [1.29, 1.82) is 0 Å². The van der Waals surface area contributed by atoms with Crippen molar-refractivity contribution in [2.75, 3.05) is 18.6 Å². The van der Waals surface area contributed by atoms with Crippen molar-refractivity contribution < 1.29 is 9.53 Å². The minimum atomic E-state index is 0.00153. The van der Waals surface area contributed by atoms with Crippen LogP contribution in [0.15, 0.2) is 36.7 Å². The molecular formula is C18H19ClN2O2. The summed E-state index contributed by atoms with van der Waals surface area (Å²) in [4.78, 5) is 18.8. The lowest BCUT2D eigenvalue weighted by Crippen LogP contribution is -2.37. The highest BCUT2D eigenvalue weighted by Crippen LogP contribution is 2.26. The number of fused-ring (bicyclic) bond motifs is 1. The predicted octanol–water partition coefficient (Wildman–Crippen LogP) is 3.52. The van der Waals surface area contributed by atoms with Crippen molar-refractivity contribution in [1.82, 2.24) is 4.98 Å². The van der Waals surface area contributed by atoms with Gasteiger partial charge in [0.2, 0.25) is 0 Å². The first-order valence-corrected chi connectivity index (χ1v) is 8.03. The Morgan fingerprint density at radius 3 is 2.96 bits per heavy atom. The van der Waals surface area contributed by atoms with Crippen LogP contribution in [0.2, 0.25) is 5.02 Å². The molecule has 0 aliphatic carbocycles. The maximum absolute atomic E-state index is 12.7. The molecule has 0 N–H and O–H groups in total. The molecule has 1 amide bonds. The van der Waals surface area contributed by atoms with Gasteiger partial charge in [-0.2, -0.15) is 0 Å². The average molecular weight is 331 g/mol. The molecule has 1 aliphatic heterocycles. The lowest BCUT2D eigenvalue weighted by molar-refractivity contribution is 0.0980. The number of hydrogen-bond donors (Lipinski definition) is 0. The Morgan fingerprint density at radius 2 is 2.17 bits per heavy atom. The maximum atomic E-state index is 12.7. The van der Waals surface area contributed by atoms with Crippen LogP contribution >= 0.6 is 11.6 Å². The number of halogens is 1. The van der Waals surface area contributed by atoms with Gasteiger partial charge in [0.05, 0.1) is 18.0 Å². The third-order valence-corrected chi connectivity index (χ3v) is 4.40. The molecule has 4 nitrogen and oxygen atoms in total. The van der Waals surface area contributed by atoms with E-state index in [-0.39, 0.29) is 12.0 Å². The lowest BCUT2D eigenvalue weighted by Gasteiger charge is -2.28. The van der Waals surface area contributed by atoms with Crippen molar-refractivity contribution in [3.63, 3.8) is 0 Å². The second-order valence-corrected chi connectivity index (χ2v) is 6.25. The van der Waals surface area contributed by atoms with Gasteiger partial charge >= 0.3 is 0 Å². The molecule has 1 unspecified atom stereocenters. The zero-order chi connectivity index (χ0) is 16.4. The summed E-state index contributed by atoms with van der Waals surface area (Å²) in [5.41, 5.74) is 3.62. The van der Waals surface area contributed by atoms with Crippen LogP contribution in [0, 0.1) is 0 Å². The number of ether oxygens (including phenoxy) is 1. The van der Waals surface area contributed by atoms with Crippen molar-refractivity contribution in [3.8, 4) is 0 Å². The molecule has 0 radical (unpaired) electrons. The first kappa shape index (κ1) is 16.0. The second-order valence-electron chi connectivity index (χ2n) is 5.81. The van der Waals surface area contributed by atoms with E-state index in [4.69, 9.17) is 16.3 Å². The quantitative estimate of drug-likeness (QED) is 0.861. The number of hydrogen-bond acceptors (Lipinski definition) is 3. The Balaban J connectivity index is 1.87. The van der Waals surface area contributed by atoms with E-state index in [1.165, 1.54) is 0 Å². The topological polar surface area (TPSA) is 42.4 Å². The number of rotatable bonds is 4. The number of carbonyl (C=O) groups is 1. The Kier molecular flexibility index (Phi) is 4.64. The molecule has 23 heavy (non-hydrogen) atoms. The Hall–Kier alpha value is -1.91. The van der Waals surface area contributed by atoms with Gasteiger partial charge in [-0.3, -0.25) is 9.78 Å². The molecule has 2 heterocycles. The van der Waals surface area contributed by atoms with E-state index in [0.717, 1.165) is 35.2 Å². The van der Waals surface area contributed by atoms with Gasteiger partial charge in [-0.25, -0.2) is 0 Å². The van der Waals surface area contributed by atoms with Crippen LogP contribution in [0.25, 0.3) is 0 Å². The zero-order valence-electron chi connectivity index (χ0n) is 13.3. The number of amides is 1. The smallest absolute Gasteiger partial charge is 0.258 e. The highest BCUT2D eigenvalue weighted by Gasteiger charge is 2.25. The number of pyridine rings is 1. The summed E-state index contributed by atoms with van der Waals surface area (Å²) in [6, 6.07) is 7.45. The van der Waals surface area contributed by atoms with Crippen LogP contribution in [0.5, 0.6) is 0 Å². The summed E-state index contributed by atoms with van der Waals surface area (Å²) in [7, 11) is 1.69. The molecule has 1 aromatic carbocycles. The molecule has 0 fully saturated rings. The largest absolute Gasteiger partial charge is 0.381 e. The van der Waals surface area contributed by atoms with E-state index in [0.29, 0.717) is 11.6 Å². The normalized spacial score (nSPS) is 15.4. The molecule has 0 saturated heterocycles. The van der Waals surface area contributed by atoms with Crippen LogP contribution < -0.4 is 4.90 Å². The minimum absolute atomic E-state index is 0.00153. The van der Waals surface area contributed by atoms with Gasteiger partial charge in [-0.15, -0.1) is 0 Å².